The third kappa shape index (κ3) is 7.71. The number of hydrogen-bond donors (Lipinski definition) is 0. The molecule has 0 saturated carbocycles. The average Bonchev–Trinajstić information content (AvgIpc) is 2.87. The number of nitrogens with zero attached hydrogens (tertiary/aromatic N) is 5. The summed E-state index contributed by atoms with van der Waals surface area (Å²) in [6.45, 7) is 1.73. The fourth-order valence-electron chi connectivity index (χ4n) is 4.06. The number of alkyl halides is 1. The number of aromatic nitrogens is 1. The number of piperazine rings is 1. The van der Waals surface area contributed by atoms with Gasteiger partial charge >= 0.3 is 0 Å². The summed E-state index contributed by atoms with van der Waals surface area (Å²) in [6.07, 6.45) is 8.28. The van der Waals surface area contributed by atoms with E-state index in [1.807, 2.05) is 18.2 Å². The summed E-state index contributed by atoms with van der Waals surface area (Å²) in [5.41, 5.74) is 0.503. The predicted octanol–water partition coefficient (Wildman–Crippen LogP) is 1.66. The van der Waals surface area contributed by atoms with Crippen molar-refractivity contribution in [1.29, 1.82) is 0 Å². The van der Waals surface area contributed by atoms with Gasteiger partial charge in [0.1, 0.15) is 4.90 Å². The van der Waals surface area contributed by atoms with Gasteiger partial charge in [0.25, 0.3) is 15.8 Å². The maximum absolute atomic E-state index is 13.9. The molecule has 1 aromatic heterocycles. The van der Waals surface area contributed by atoms with E-state index in [1.165, 1.54) is 4.31 Å². The molecule has 3 rings (SSSR count). The molecular formula is C23H28BrN5O7S2. The van der Waals surface area contributed by atoms with Crippen molar-refractivity contribution in [2.75, 3.05) is 62.4 Å². The van der Waals surface area contributed by atoms with Gasteiger partial charge in [-0.1, -0.05) is 27.9 Å². The Labute approximate surface area is 231 Å². The molecule has 1 aromatic carbocycles. The van der Waals surface area contributed by atoms with E-state index in [-0.39, 0.29) is 48.9 Å². The first kappa shape index (κ1) is 29.9. The van der Waals surface area contributed by atoms with Crippen LogP contribution in [0.5, 0.6) is 0 Å². The molecule has 0 spiro atoms. The quantitative estimate of drug-likeness (QED) is 0.112. The number of non-ortho nitro benzene ring substituents is 1. The highest BCUT2D eigenvalue weighted by Crippen LogP contribution is 2.36. The molecule has 206 valence electrons. The van der Waals surface area contributed by atoms with Crippen molar-refractivity contribution in [1.82, 2.24) is 14.2 Å². The largest absolute Gasteiger partial charge is 0.366 e. The van der Waals surface area contributed by atoms with E-state index < -0.39 is 30.8 Å². The predicted molar refractivity (Wildman–Crippen MR) is 146 cm³/mol. The molecule has 0 bridgehead atoms. The summed E-state index contributed by atoms with van der Waals surface area (Å²) in [6, 6.07) is 7.74. The van der Waals surface area contributed by atoms with Crippen molar-refractivity contribution < 1.29 is 25.9 Å². The van der Waals surface area contributed by atoms with Gasteiger partial charge in [-0.2, -0.15) is 12.7 Å². The zero-order chi connectivity index (χ0) is 27.9. The van der Waals surface area contributed by atoms with E-state index in [0.717, 1.165) is 24.1 Å². The molecular weight excluding hydrogens is 602 g/mol. The van der Waals surface area contributed by atoms with E-state index in [1.54, 1.807) is 11.1 Å². The molecule has 0 amide bonds. The Morgan fingerprint density at radius 2 is 1.89 bits per heavy atom. The van der Waals surface area contributed by atoms with Crippen molar-refractivity contribution >= 4 is 47.4 Å². The SMILES string of the molecule is C#Cc1cc([N+](=O)[O-])cc(S(=O)(=O)N2CCN(Cc3ccccn3)CC2)c1N(CCBr)CCOS(C)(=O)=O. The third-order valence-electron chi connectivity index (χ3n) is 5.82. The highest BCUT2D eigenvalue weighted by Gasteiger charge is 2.34. The van der Waals surface area contributed by atoms with Gasteiger partial charge in [0.15, 0.2) is 0 Å². The number of nitro benzene ring substituents is 1. The minimum Gasteiger partial charge on any atom is -0.366 e. The second-order valence-electron chi connectivity index (χ2n) is 8.44. The molecule has 0 atom stereocenters. The summed E-state index contributed by atoms with van der Waals surface area (Å²) < 4.78 is 56.8. The molecule has 0 radical (unpaired) electrons. The number of anilines is 1. The standard InChI is InChI=1S/C23H28BrN5O7S2/c1-3-19-16-21(29(30)31)17-22(23(19)27(9-7-24)14-15-36-37(2,32)33)38(34,35)28-12-10-26(11-13-28)18-20-6-4-5-8-25-20/h1,4-6,8,16-17H,7,9-15,18H2,2H3. The minimum atomic E-state index is -4.22. The second kappa shape index (κ2) is 13.0. The number of hydrogen-bond acceptors (Lipinski definition) is 10. The van der Waals surface area contributed by atoms with Gasteiger partial charge in [-0.15, -0.1) is 6.42 Å². The van der Waals surface area contributed by atoms with E-state index >= 15 is 0 Å². The maximum Gasteiger partial charge on any atom is 0.272 e. The summed E-state index contributed by atoms with van der Waals surface area (Å²) in [7, 11) is -7.96. The molecule has 1 saturated heterocycles. The van der Waals surface area contributed by atoms with Crippen LogP contribution in [0.2, 0.25) is 0 Å². The summed E-state index contributed by atoms with van der Waals surface area (Å²) in [5, 5.41) is 12.0. The lowest BCUT2D eigenvalue weighted by Gasteiger charge is -2.35. The molecule has 1 aliphatic heterocycles. The fraction of sp³-hybridized carbons (Fsp3) is 0.435. The Kier molecular flexibility index (Phi) is 10.2. The normalized spacial score (nSPS) is 15.2. The zero-order valence-corrected chi connectivity index (χ0v) is 23.9. The minimum absolute atomic E-state index is 0.00636. The lowest BCUT2D eigenvalue weighted by atomic mass is 10.1. The van der Waals surface area contributed by atoms with E-state index in [9.17, 15) is 26.9 Å². The van der Waals surface area contributed by atoms with Gasteiger partial charge in [-0.3, -0.25) is 24.2 Å². The van der Waals surface area contributed by atoms with Gasteiger partial charge < -0.3 is 4.90 Å². The molecule has 15 heteroatoms. The van der Waals surface area contributed by atoms with Gasteiger partial charge in [0, 0.05) is 69.5 Å². The summed E-state index contributed by atoms with van der Waals surface area (Å²) >= 11 is 3.32. The lowest BCUT2D eigenvalue weighted by Crippen LogP contribution is -2.48. The number of sulfonamides is 1. The van der Waals surface area contributed by atoms with Crippen LogP contribution in [0.3, 0.4) is 0 Å². The molecule has 2 heterocycles. The Bertz CT molecular complexity index is 1390. The number of rotatable bonds is 12. The highest BCUT2D eigenvalue weighted by atomic mass is 79.9. The number of pyridine rings is 1. The van der Waals surface area contributed by atoms with Gasteiger partial charge in [-0.25, -0.2) is 8.42 Å². The number of benzene rings is 1. The Hall–Kier alpha value is -2.61. The van der Waals surface area contributed by atoms with Crippen molar-refractivity contribution in [3.8, 4) is 12.3 Å². The first-order valence-corrected chi connectivity index (χ1v) is 15.9. The van der Waals surface area contributed by atoms with Crippen LogP contribution in [0, 0.1) is 22.5 Å². The second-order valence-corrected chi connectivity index (χ2v) is 12.8. The van der Waals surface area contributed by atoms with Crippen molar-refractivity contribution in [3.63, 3.8) is 0 Å². The number of nitro groups is 1. The van der Waals surface area contributed by atoms with E-state index in [0.29, 0.717) is 25.0 Å². The van der Waals surface area contributed by atoms with Crippen LogP contribution >= 0.6 is 15.9 Å². The van der Waals surface area contributed by atoms with E-state index in [2.05, 4.69) is 31.7 Å². The van der Waals surface area contributed by atoms with Crippen LogP contribution < -0.4 is 4.90 Å². The highest BCUT2D eigenvalue weighted by molar-refractivity contribution is 9.09. The zero-order valence-electron chi connectivity index (χ0n) is 20.7. The Balaban J connectivity index is 1.96. The van der Waals surface area contributed by atoms with Crippen molar-refractivity contribution in [2.24, 2.45) is 0 Å². The van der Waals surface area contributed by atoms with Gasteiger partial charge in [0.2, 0.25) is 10.0 Å². The van der Waals surface area contributed by atoms with Crippen LogP contribution in [0.4, 0.5) is 11.4 Å². The first-order chi connectivity index (χ1) is 18.0. The van der Waals surface area contributed by atoms with Gasteiger partial charge in [-0.05, 0) is 12.1 Å². The van der Waals surface area contributed by atoms with Crippen LogP contribution in [-0.2, 0) is 30.9 Å². The molecule has 0 unspecified atom stereocenters. The molecule has 1 fully saturated rings. The van der Waals surface area contributed by atoms with Crippen LogP contribution in [0.15, 0.2) is 41.4 Å². The van der Waals surface area contributed by atoms with Crippen LogP contribution in [-0.4, -0.2) is 93.4 Å². The maximum atomic E-state index is 13.9. The molecule has 12 nitrogen and oxygen atoms in total. The lowest BCUT2D eigenvalue weighted by molar-refractivity contribution is -0.385. The monoisotopic (exact) mass is 629 g/mol. The topological polar surface area (TPSA) is 143 Å². The molecule has 0 aliphatic carbocycles. The van der Waals surface area contributed by atoms with Crippen molar-refractivity contribution in [3.05, 3.63) is 57.9 Å². The van der Waals surface area contributed by atoms with Crippen LogP contribution in [0.1, 0.15) is 11.3 Å². The van der Waals surface area contributed by atoms with Gasteiger partial charge in [0.05, 0.1) is 34.7 Å². The molecule has 2 aromatic rings. The number of halogens is 1. The number of terminal acetylenes is 1. The summed E-state index contributed by atoms with van der Waals surface area (Å²) in [4.78, 5) is 18.6. The first-order valence-electron chi connectivity index (χ1n) is 11.5. The van der Waals surface area contributed by atoms with Crippen molar-refractivity contribution in [2.45, 2.75) is 11.4 Å². The molecule has 38 heavy (non-hydrogen) atoms. The smallest absolute Gasteiger partial charge is 0.272 e. The Morgan fingerprint density at radius 3 is 2.45 bits per heavy atom. The molecule has 0 N–H and O–H groups in total. The third-order valence-corrected chi connectivity index (χ3v) is 8.68. The van der Waals surface area contributed by atoms with E-state index in [4.69, 9.17) is 10.6 Å². The summed E-state index contributed by atoms with van der Waals surface area (Å²) in [5.74, 6) is 2.37. The fourth-order valence-corrected chi connectivity index (χ4v) is 6.54. The average molecular weight is 631 g/mol. The Morgan fingerprint density at radius 1 is 1.18 bits per heavy atom. The van der Waals surface area contributed by atoms with Crippen LogP contribution in [0.25, 0.3) is 0 Å². The molecule has 1 aliphatic rings.